The van der Waals surface area contributed by atoms with Crippen molar-refractivity contribution in [3.63, 3.8) is 0 Å². The van der Waals surface area contributed by atoms with Gasteiger partial charge in [-0.05, 0) is 51.9 Å². The molecule has 0 spiro atoms. The Morgan fingerprint density at radius 1 is 1.33 bits per heavy atom. The predicted octanol–water partition coefficient (Wildman–Crippen LogP) is 2.60. The zero-order valence-corrected chi connectivity index (χ0v) is 15.4. The average Bonchev–Trinajstić information content (AvgIpc) is 3.00. The maximum atomic E-state index is 12.3. The van der Waals surface area contributed by atoms with Crippen molar-refractivity contribution in [2.75, 3.05) is 18.4 Å². The lowest BCUT2D eigenvalue weighted by atomic mass is 9.94. The Hall–Kier alpha value is -2.87. The predicted molar refractivity (Wildman–Crippen MR) is 103 cm³/mol. The second-order valence-electron chi connectivity index (χ2n) is 7.12. The molecular weight excluding hydrogens is 346 g/mol. The lowest BCUT2D eigenvalue weighted by Crippen LogP contribution is -2.28. The van der Waals surface area contributed by atoms with Crippen LogP contribution in [0.2, 0.25) is 0 Å². The molecule has 1 saturated heterocycles. The molecule has 1 amide bonds. The van der Waals surface area contributed by atoms with Crippen LogP contribution in [0.25, 0.3) is 16.6 Å². The van der Waals surface area contributed by atoms with Crippen molar-refractivity contribution in [1.29, 1.82) is 0 Å². The lowest BCUT2D eigenvalue weighted by Gasteiger charge is -2.23. The van der Waals surface area contributed by atoms with Gasteiger partial charge in [-0.2, -0.15) is 5.10 Å². The molecule has 1 aliphatic rings. The summed E-state index contributed by atoms with van der Waals surface area (Å²) in [5, 5.41) is 11.5. The van der Waals surface area contributed by atoms with E-state index >= 15 is 0 Å². The number of amides is 1. The Labute approximate surface area is 155 Å². The minimum Gasteiger partial charge on any atom is -0.447 e. The fourth-order valence-corrected chi connectivity index (χ4v) is 3.65. The number of piperidine rings is 1. The summed E-state index contributed by atoms with van der Waals surface area (Å²) in [6.45, 7) is 5.43. The van der Waals surface area contributed by atoms with Crippen LogP contribution in [0.1, 0.15) is 38.3 Å². The van der Waals surface area contributed by atoms with Gasteiger partial charge < -0.3 is 15.0 Å². The first-order valence-electron chi connectivity index (χ1n) is 9.26. The summed E-state index contributed by atoms with van der Waals surface area (Å²) in [6.07, 6.45) is 1.16. The fraction of sp³-hybridized carbons (Fsp3) is 0.421. The number of rotatable bonds is 3. The van der Waals surface area contributed by atoms with Gasteiger partial charge in [0.2, 0.25) is 0 Å². The Morgan fingerprint density at radius 2 is 2.11 bits per heavy atom. The molecule has 142 valence electrons. The molecule has 1 aromatic carbocycles. The summed E-state index contributed by atoms with van der Waals surface area (Å²) >= 11 is 0. The Bertz CT molecular complexity index is 1050. The molecule has 0 unspecified atom stereocenters. The summed E-state index contributed by atoms with van der Waals surface area (Å²) in [5.74, 6) is 0.271. The van der Waals surface area contributed by atoms with Crippen LogP contribution in [0.15, 0.2) is 29.1 Å². The summed E-state index contributed by atoms with van der Waals surface area (Å²) in [6, 6.07) is 7.10. The van der Waals surface area contributed by atoms with E-state index in [0.29, 0.717) is 22.2 Å². The number of aromatic amines is 1. The topological polar surface area (TPSA) is 101 Å². The molecule has 8 heteroatoms. The van der Waals surface area contributed by atoms with Crippen molar-refractivity contribution in [2.45, 2.75) is 38.7 Å². The minimum absolute atomic E-state index is 0.169. The van der Waals surface area contributed by atoms with Crippen molar-refractivity contribution in [2.24, 2.45) is 0 Å². The molecule has 0 bridgehead atoms. The Balaban J connectivity index is 1.85. The number of carbonyl (C=O) groups excluding carboxylic acids is 1. The minimum atomic E-state index is -0.534. The molecule has 0 aliphatic carbocycles. The highest BCUT2D eigenvalue weighted by molar-refractivity contribution is 6.06. The van der Waals surface area contributed by atoms with Gasteiger partial charge in [0.1, 0.15) is 5.65 Å². The first kappa shape index (κ1) is 17.5. The van der Waals surface area contributed by atoms with E-state index in [-0.39, 0.29) is 17.6 Å². The maximum Gasteiger partial charge on any atom is 0.411 e. The maximum absolute atomic E-state index is 12.3. The van der Waals surface area contributed by atoms with Crippen LogP contribution in [-0.2, 0) is 4.74 Å². The van der Waals surface area contributed by atoms with Gasteiger partial charge in [0.15, 0.2) is 0 Å². The van der Waals surface area contributed by atoms with Crippen molar-refractivity contribution in [3.05, 3.63) is 40.3 Å². The SMILES string of the molecule is CC(C)OC(=O)Nc1cccc2nn3c(C4CCNCC4)cc(=O)[nH]c3c12. The zero-order valence-electron chi connectivity index (χ0n) is 15.4. The fourth-order valence-electron chi connectivity index (χ4n) is 3.65. The van der Waals surface area contributed by atoms with Crippen LogP contribution < -0.4 is 16.2 Å². The number of hydrogen-bond acceptors (Lipinski definition) is 5. The van der Waals surface area contributed by atoms with Gasteiger partial charge in [-0.3, -0.25) is 10.1 Å². The number of carbonyl (C=O) groups is 1. The molecule has 0 saturated carbocycles. The van der Waals surface area contributed by atoms with Gasteiger partial charge >= 0.3 is 6.09 Å². The molecule has 0 atom stereocenters. The van der Waals surface area contributed by atoms with E-state index in [9.17, 15) is 9.59 Å². The first-order chi connectivity index (χ1) is 13.0. The molecule has 0 radical (unpaired) electrons. The molecule has 27 heavy (non-hydrogen) atoms. The van der Waals surface area contributed by atoms with Crippen molar-refractivity contribution < 1.29 is 9.53 Å². The number of anilines is 1. The smallest absolute Gasteiger partial charge is 0.411 e. The third kappa shape index (κ3) is 3.40. The number of benzene rings is 1. The molecule has 3 heterocycles. The lowest BCUT2D eigenvalue weighted by molar-refractivity contribution is 0.130. The van der Waals surface area contributed by atoms with Crippen LogP contribution in [0.4, 0.5) is 10.5 Å². The van der Waals surface area contributed by atoms with E-state index in [4.69, 9.17) is 9.84 Å². The zero-order chi connectivity index (χ0) is 19.0. The van der Waals surface area contributed by atoms with Gasteiger partial charge in [-0.15, -0.1) is 0 Å². The van der Waals surface area contributed by atoms with Crippen LogP contribution in [0.5, 0.6) is 0 Å². The number of fused-ring (bicyclic) bond motifs is 3. The third-order valence-corrected chi connectivity index (χ3v) is 4.80. The third-order valence-electron chi connectivity index (χ3n) is 4.80. The summed E-state index contributed by atoms with van der Waals surface area (Å²) < 4.78 is 6.98. The molecule has 1 aliphatic heterocycles. The first-order valence-corrected chi connectivity index (χ1v) is 9.26. The normalized spacial score (nSPS) is 15.5. The summed E-state index contributed by atoms with van der Waals surface area (Å²) in [5.41, 5.74) is 2.59. The molecular formula is C19H23N5O3. The summed E-state index contributed by atoms with van der Waals surface area (Å²) in [7, 11) is 0. The van der Waals surface area contributed by atoms with E-state index in [1.54, 1.807) is 30.5 Å². The second-order valence-corrected chi connectivity index (χ2v) is 7.12. The highest BCUT2D eigenvalue weighted by Gasteiger charge is 2.22. The van der Waals surface area contributed by atoms with Gasteiger partial charge in [-0.1, -0.05) is 6.07 Å². The highest BCUT2D eigenvalue weighted by Crippen LogP contribution is 2.30. The van der Waals surface area contributed by atoms with E-state index in [1.165, 1.54) is 0 Å². The van der Waals surface area contributed by atoms with Gasteiger partial charge in [0.25, 0.3) is 5.56 Å². The van der Waals surface area contributed by atoms with Crippen LogP contribution in [0, 0.1) is 0 Å². The quantitative estimate of drug-likeness (QED) is 0.659. The summed E-state index contributed by atoms with van der Waals surface area (Å²) in [4.78, 5) is 27.3. The molecule has 2 aromatic heterocycles. The Morgan fingerprint density at radius 3 is 2.85 bits per heavy atom. The van der Waals surface area contributed by atoms with Crippen LogP contribution in [-0.4, -0.2) is 39.9 Å². The Kier molecular flexibility index (Phi) is 4.57. The van der Waals surface area contributed by atoms with Gasteiger partial charge in [-0.25, -0.2) is 9.31 Å². The van der Waals surface area contributed by atoms with E-state index in [2.05, 4.69) is 15.6 Å². The van der Waals surface area contributed by atoms with Crippen LogP contribution >= 0.6 is 0 Å². The monoisotopic (exact) mass is 369 g/mol. The molecule has 4 rings (SSSR count). The van der Waals surface area contributed by atoms with Gasteiger partial charge in [0.05, 0.1) is 28.4 Å². The van der Waals surface area contributed by atoms with E-state index in [1.807, 2.05) is 12.1 Å². The van der Waals surface area contributed by atoms with E-state index in [0.717, 1.165) is 31.6 Å². The van der Waals surface area contributed by atoms with Crippen molar-refractivity contribution in [1.82, 2.24) is 19.9 Å². The molecule has 3 N–H and O–H groups in total. The highest BCUT2D eigenvalue weighted by atomic mass is 16.6. The van der Waals surface area contributed by atoms with E-state index < -0.39 is 6.09 Å². The molecule has 1 fully saturated rings. The average molecular weight is 369 g/mol. The van der Waals surface area contributed by atoms with Crippen molar-refractivity contribution >= 4 is 28.3 Å². The number of ether oxygens (including phenoxy) is 1. The molecule has 3 aromatic rings. The number of nitrogens with one attached hydrogen (secondary N) is 3. The van der Waals surface area contributed by atoms with Gasteiger partial charge in [0, 0.05) is 12.0 Å². The number of H-pyrrole nitrogens is 1. The number of nitrogens with zero attached hydrogens (tertiary/aromatic N) is 2. The number of aromatic nitrogens is 3. The molecule has 8 nitrogen and oxygen atoms in total. The van der Waals surface area contributed by atoms with Crippen molar-refractivity contribution in [3.8, 4) is 0 Å². The second kappa shape index (κ2) is 7.03. The largest absolute Gasteiger partial charge is 0.447 e. The standard InChI is InChI=1S/C19H23N5O3/c1-11(2)27-19(26)21-13-4-3-5-14-17(13)18-22-16(25)10-15(24(18)23-14)12-6-8-20-9-7-12/h3-5,10-12,20H,6-9H2,1-2H3,(H,21,26)(H,22,25). The number of hydrogen-bond donors (Lipinski definition) is 3. The van der Waals surface area contributed by atoms with Crippen LogP contribution in [0.3, 0.4) is 0 Å².